The van der Waals surface area contributed by atoms with Crippen molar-refractivity contribution in [2.45, 2.75) is 18.9 Å². The molecule has 1 aliphatic carbocycles. The summed E-state index contributed by atoms with van der Waals surface area (Å²) in [4.78, 5) is 16.9. The largest absolute Gasteiger partial charge is 0.478 e. The summed E-state index contributed by atoms with van der Waals surface area (Å²) >= 11 is 0. The van der Waals surface area contributed by atoms with Crippen molar-refractivity contribution in [2.75, 3.05) is 18.5 Å². The van der Waals surface area contributed by atoms with Gasteiger partial charge in [-0.25, -0.2) is 4.79 Å². The number of hydrogen-bond acceptors (Lipinski definition) is 4. The minimum atomic E-state index is -0.942. The first kappa shape index (κ1) is 11.9. The molecule has 5 nitrogen and oxygen atoms in total. The second-order valence-corrected chi connectivity index (χ2v) is 4.57. The van der Waals surface area contributed by atoms with Crippen LogP contribution in [0.1, 0.15) is 23.2 Å². The van der Waals surface area contributed by atoms with Crippen LogP contribution in [0, 0.1) is 5.92 Å². The molecule has 0 saturated heterocycles. The summed E-state index contributed by atoms with van der Waals surface area (Å²) in [5.74, 6) is -0.500. The highest BCUT2D eigenvalue weighted by atomic mass is 16.4. The van der Waals surface area contributed by atoms with Crippen molar-refractivity contribution in [3.63, 3.8) is 0 Å². The van der Waals surface area contributed by atoms with Gasteiger partial charge in [-0.05, 0) is 24.8 Å². The van der Waals surface area contributed by atoms with Gasteiger partial charge in [0.15, 0.2) is 0 Å². The number of nitrogens with zero attached hydrogens (tertiary/aromatic N) is 2. The van der Waals surface area contributed by atoms with Gasteiger partial charge in [-0.15, -0.1) is 0 Å². The summed E-state index contributed by atoms with van der Waals surface area (Å²) in [6.07, 6.45) is 4.47. The van der Waals surface area contributed by atoms with E-state index in [1.54, 1.807) is 6.20 Å². The van der Waals surface area contributed by atoms with Gasteiger partial charge in [-0.3, -0.25) is 4.98 Å². The molecule has 5 heteroatoms. The summed E-state index contributed by atoms with van der Waals surface area (Å²) in [5, 5.41) is 18.3. The number of aromatic carboxylic acids is 1. The number of aliphatic hydroxyl groups is 1. The van der Waals surface area contributed by atoms with Crippen LogP contribution in [-0.4, -0.2) is 40.9 Å². The van der Waals surface area contributed by atoms with Crippen LogP contribution >= 0.6 is 0 Å². The third kappa shape index (κ3) is 2.55. The third-order valence-corrected chi connectivity index (χ3v) is 3.18. The maximum absolute atomic E-state index is 11.1. The molecule has 1 fully saturated rings. The van der Waals surface area contributed by atoms with Crippen LogP contribution in [0.3, 0.4) is 0 Å². The van der Waals surface area contributed by atoms with Crippen molar-refractivity contribution in [3.8, 4) is 0 Å². The average molecular weight is 236 g/mol. The van der Waals surface area contributed by atoms with Gasteiger partial charge < -0.3 is 15.1 Å². The lowest BCUT2D eigenvalue weighted by atomic mass is 9.82. The lowest BCUT2D eigenvalue weighted by molar-refractivity contribution is 0.0463. The summed E-state index contributed by atoms with van der Waals surface area (Å²) in [6.45, 7) is 0.753. The Kier molecular flexibility index (Phi) is 3.28. The predicted molar refractivity (Wildman–Crippen MR) is 63.2 cm³/mol. The zero-order valence-corrected chi connectivity index (χ0v) is 9.71. The topological polar surface area (TPSA) is 73.7 Å². The van der Waals surface area contributed by atoms with E-state index in [2.05, 4.69) is 4.98 Å². The lowest BCUT2D eigenvalue weighted by Gasteiger charge is -2.35. The molecule has 0 aliphatic heterocycles. The monoisotopic (exact) mass is 236 g/mol. The van der Waals surface area contributed by atoms with Crippen molar-refractivity contribution in [1.29, 1.82) is 0 Å². The van der Waals surface area contributed by atoms with Gasteiger partial charge in [0, 0.05) is 19.8 Å². The van der Waals surface area contributed by atoms with E-state index in [0.717, 1.165) is 19.4 Å². The van der Waals surface area contributed by atoms with Crippen LogP contribution in [0.25, 0.3) is 0 Å². The van der Waals surface area contributed by atoms with E-state index in [-0.39, 0.29) is 11.7 Å². The molecule has 0 aromatic carbocycles. The van der Waals surface area contributed by atoms with E-state index in [9.17, 15) is 9.90 Å². The number of carboxylic acids is 1. The van der Waals surface area contributed by atoms with Gasteiger partial charge in [0.1, 0.15) is 0 Å². The normalized spacial score (nSPS) is 22.9. The molecule has 1 saturated carbocycles. The van der Waals surface area contributed by atoms with Gasteiger partial charge >= 0.3 is 5.97 Å². The number of hydrogen-bond donors (Lipinski definition) is 2. The van der Waals surface area contributed by atoms with Gasteiger partial charge in [-0.2, -0.15) is 0 Å². The summed E-state index contributed by atoms with van der Waals surface area (Å²) in [6, 6.07) is 1.50. The Bertz CT molecular complexity index is 416. The maximum atomic E-state index is 11.1. The highest BCUT2D eigenvalue weighted by molar-refractivity contribution is 5.94. The van der Waals surface area contributed by atoms with Crippen molar-refractivity contribution in [3.05, 3.63) is 24.0 Å². The number of pyridine rings is 1. The zero-order valence-electron chi connectivity index (χ0n) is 9.71. The quantitative estimate of drug-likeness (QED) is 0.815. The fourth-order valence-corrected chi connectivity index (χ4v) is 2.21. The van der Waals surface area contributed by atoms with E-state index in [1.165, 1.54) is 12.3 Å². The van der Waals surface area contributed by atoms with E-state index in [1.807, 2.05) is 11.9 Å². The van der Waals surface area contributed by atoms with Gasteiger partial charge in [0.25, 0.3) is 0 Å². The summed E-state index contributed by atoms with van der Waals surface area (Å²) in [7, 11) is 1.86. The molecule has 1 aromatic heterocycles. The van der Waals surface area contributed by atoms with Crippen LogP contribution in [0.15, 0.2) is 18.5 Å². The SMILES string of the molecule is CN(CC1CC(O)C1)c1cnccc1C(=O)O. The summed E-state index contributed by atoms with van der Waals surface area (Å²) < 4.78 is 0. The zero-order chi connectivity index (χ0) is 12.4. The van der Waals surface area contributed by atoms with Crippen LogP contribution in [0.4, 0.5) is 5.69 Å². The highest BCUT2D eigenvalue weighted by Crippen LogP contribution is 2.29. The smallest absolute Gasteiger partial charge is 0.337 e. The number of carboxylic acid groups (broad SMARTS) is 1. The van der Waals surface area contributed by atoms with Crippen LogP contribution in [0.2, 0.25) is 0 Å². The third-order valence-electron chi connectivity index (χ3n) is 3.18. The lowest BCUT2D eigenvalue weighted by Crippen LogP contribution is -2.37. The average Bonchev–Trinajstić information content (AvgIpc) is 2.27. The molecule has 92 valence electrons. The van der Waals surface area contributed by atoms with E-state index in [0.29, 0.717) is 11.6 Å². The molecule has 1 aliphatic rings. The van der Waals surface area contributed by atoms with Gasteiger partial charge in [0.2, 0.25) is 0 Å². The summed E-state index contributed by atoms with van der Waals surface area (Å²) in [5.41, 5.74) is 0.892. The van der Waals surface area contributed by atoms with E-state index < -0.39 is 5.97 Å². The molecule has 2 N–H and O–H groups in total. The molecule has 0 radical (unpaired) electrons. The van der Waals surface area contributed by atoms with Crippen LogP contribution < -0.4 is 4.90 Å². The van der Waals surface area contributed by atoms with Crippen molar-refractivity contribution < 1.29 is 15.0 Å². The molecule has 0 atom stereocenters. The Morgan fingerprint density at radius 3 is 2.88 bits per heavy atom. The molecule has 0 unspecified atom stereocenters. The Balaban J connectivity index is 2.08. The van der Waals surface area contributed by atoms with Crippen molar-refractivity contribution in [1.82, 2.24) is 4.98 Å². The Labute approximate surface area is 99.7 Å². The minimum Gasteiger partial charge on any atom is -0.478 e. The fraction of sp³-hybridized carbons (Fsp3) is 0.500. The molecule has 0 spiro atoms. The maximum Gasteiger partial charge on any atom is 0.337 e. The molecule has 2 rings (SSSR count). The molecule has 17 heavy (non-hydrogen) atoms. The highest BCUT2D eigenvalue weighted by Gasteiger charge is 2.28. The van der Waals surface area contributed by atoms with E-state index >= 15 is 0 Å². The number of aliphatic hydroxyl groups excluding tert-OH is 1. The number of rotatable bonds is 4. The van der Waals surface area contributed by atoms with Crippen LogP contribution in [-0.2, 0) is 0 Å². The molecule has 1 heterocycles. The molecule has 0 amide bonds. The number of anilines is 1. The molecule has 1 aromatic rings. The first-order valence-corrected chi connectivity index (χ1v) is 5.64. The Morgan fingerprint density at radius 1 is 1.59 bits per heavy atom. The Hall–Kier alpha value is -1.62. The van der Waals surface area contributed by atoms with Gasteiger partial charge in [0.05, 0.1) is 23.6 Å². The molecular formula is C12H16N2O3. The minimum absolute atomic E-state index is 0.179. The van der Waals surface area contributed by atoms with Crippen molar-refractivity contribution in [2.24, 2.45) is 5.92 Å². The van der Waals surface area contributed by atoms with Crippen LogP contribution in [0.5, 0.6) is 0 Å². The first-order valence-electron chi connectivity index (χ1n) is 5.64. The molecule has 0 bridgehead atoms. The van der Waals surface area contributed by atoms with Gasteiger partial charge in [-0.1, -0.05) is 0 Å². The van der Waals surface area contributed by atoms with Crippen molar-refractivity contribution >= 4 is 11.7 Å². The first-order chi connectivity index (χ1) is 8.08. The van der Waals surface area contributed by atoms with E-state index in [4.69, 9.17) is 5.11 Å². The standard InChI is InChI=1S/C12H16N2O3/c1-14(7-8-4-9(15)5-8)11-6-13-3-2-10(11)12(16)17/h2-3,6,8-9,15H,4-5,7H2,1H3,(H,16,17). The predicted octanol–water partition coefficient (Wildman–Crippen LogP) is 0.987. The second kappa shape index (κ2) is 4.71. The fourth-order valence-electron chi connectivity index (χ4n) is 2.21. The molecular weight excluding hydrogens is 220 g/mol. The second-order valence-electron chi connectivity index (χ2n) is 4.57. The number of carbonyl (C=O) groups is 1. The number of aromatic nitrogens is 1. The Morgan fingerprint density at radius 2 is 2.29 bits per heavy atom.